The summed E-state index contributed by atoms with van der Waals surface area (Å²) in [5.41, 5.74) is 0. The average Bonchev–Trinajstić information content (AvgIpc) is 2.55. The van der Waals surface area contributed by atoms with Gasteiger partial charge in [0.1, 0.15) is 6.10 Å². The summed E-state index contributed by atoms with van der Waals surface area (Å²) in [7, 11) is 0. The number of ether oxygens (including phenoxy) is 1. The summed E-state index contributed by atoms with van der Waals surface area (Å²) in [6, 6.07) is -0.0345. The van der Waals surface area contributed by atoms with Crippen LogP contribution in [0.2, 0.25) is 0 Å². The number of amides is 2. The highest BCUT2D eigenvalue weighted by atomic mass is 16.5. The Labute approximate surface area is 149 Å². The summed E-state index contributed by atoms with van der Waals surface area (Å²) in [6.45, 7) is -0.180. The first-order chi connectivity index (χ1) is 12.2. The molecule has 0 aromatic heterocycles. The van der Waals surface area contributed by atoms with Crippen molar-refractivity contribution in [3.8, 4) is 0 Å². The van der Waals surface area contributed by atoms with Gasteiger partial charge in [-0.05, 0) is 25.7 Å². The minimum Gasteiger partial charge on any atom is -0.394 e. The van der Waals surface area contributed by atoms with Crippen molar-refractivity contribution in [1.82, 2.24) is 10.6 Å². The first kappa shape index (κ1) is 18.4. The lowest BCUT2D eigenvalue weighted by molar-refractivity contribution is -0.132. The molecular weight excluding hydrogens is 320 g/mol. The number of aliphatic hydroxyl groups is 1. The van der Waals surface area contributed by atoms with E-state index in [1.807, 2.05) is 12.2 Å². The molecule has 0 unspecified atom stereocenters. The van der Waals surface area contributed by atoms with E-state index in [-0.39, 0.29) is 48.9 Å². The van der Waals surface area contributed by atoms with Gasteiger partial charge in [0.05, 0.1) is 25.2 Å². The Morgan fingerprint density at radius 3 is 2.40 bits per heavy atom. The van der Waals surface area contributed by atoms with Gasteiger partial charge in [0.2, 0.25) is 11.8 Å². The van der Waals surface area contributed by atoms with Crippen LogP contribution >= 0.6 is 0 Å². The van der Waals surface area contributed by atoms with Gasteiger partial charge in [0.15, 0.2) is 0 Å². The molecule has 0 bridgehead atoms. The zero-order valence-electron chi connectivity index (χ0n) is 14.8. The fourth-order valence-corrected chi connectivity index (χ4v) is 3.80. The lowest BCUT2D eigenvalue weighted by Crippen LogP contribution is -2.51. The van der Waals surface area contributed by atoms with Gasteiger partial charge in [0, 0.05) is 12.0 Å². The van der Waals surface area contributed by atoms with Crippen molar-refractivity contribution in [3.63, 3.8) is 0 Å². The third-order valence-corrected chi connectivity index (χ3v) is 5.60. The largest absolute Gasteiger partial charge is 0.394 e. The molecule has 2 saturated carbocycles. The first-order valence-corrected chi connectivity index (χ1v) is 9.70. The lowest BCUT2D eigenvalue weighted by Gasteiger charge is -2.34. The third-order valence-electron chi connectivity index (χ3n) is 5.60. The lowest BCUT2D eigenvalue weighted by atomic mass is 9.84. The van der Waals surface area contributed by atoms with Crippen molar-refractivity contribution < 1.29 is 19.4 Å². The zero-order valence-corrected chi connectivity index (χ0v) is 14.8. The number of rotatable bonds is 6. The number of aliphatic hydroxyl groups excluding tert-OH is 1. The van der Waals surface area contributed by atoms with E-state index in [0.717, 1.165) is 32.1 Å². The summed E-state index contributed by atoms with van der Waals surface area (Å²) < 4.78 is 5.83. The highest BCUT2D eigenvalue weighted by molar-refractivity contribution is 5.80. The van der Waals surface area contributed by atoms with Crippen LogP contribution in [0.4, 0.5) is 0 Å². The van der Waals surface area contributed by atoms with Crippen LogP contribution in [0.5, 0.6) is 0 Å². The molecule has 0 saturated heterocycles. The molecule has 3 atom stereocenters. The van der Waals surface area contributed by atoms with E-state index in [9.17, 15) is 14.7 Å². The molecule has 1 aliphatic heterocycles. The van der Waals surface area contributed by atoms with Gasteiger partial charge in [-0.15, -0.1) is 0 Å². The molecule has 0 spiro atoms. The summed E-state index contributed by atoms with van der Waals surface area (Å²) in [6.07, 6.45) is 11.8. The molecule has 0 aromatic carbocycles. The molecule has 140 valence electrons. The smallest absolute Gasteiger partial charge is 0.223 e. The average molecular weight is 350 g/mol. The summed E-state index contributed by atoms with van der Waals surface area (Å²) in [5.74, 6) is 0.137. The van der Waals surface area contributed by atoms with Crippen LogP contribution in [-0.4, -0.2) is 47.8 Å². The minimum absolute atomic E-state index is 0.00445. The Morgan fingerprint density at radius 1 is 1.00 bits per heavy atom. The SMILES string of the molecule is O=C(C[C@@H]1C=C[C@H](NC(=O)C2CCC2)[C@H](CO)O1)NC1CCCCC1. The van der Waals surface area contributed by atoms with Crippen molar-refractivity contribution in [2.45, 2.75) is 82.1 Å². The molecule has 2 aliphatic carbocycles. The standard InChI is InChI=1S/C19H30N2O4/c22-12-17-16(21-19(24)13-5-4-6-13)10-9-15(25-17)11-18(23)20-14-7-2-1-3-8-14/h9-10,13-17,22H,1-8,11-12H2,(H,20,23)(H,21,24)/t15-,16-,17-/m0/s1. The van der Waals surface area contributed by atoms with E-state index in [1.165, 1.54) is 19.3 Å². The first-order valence-electron chi connectivity index (χ1n) is 9.70. The molecule has 2 amide bonds. The van der Waals surface area contributed by atoms with E-state index < -0.39 is 6.10 Å². The molecule has 0 radical (unpaired) electrons. The van der Waals surface area contributed by atoms with E-state index >= 15 is 0 Å². The second-order valence-electron chi connectivity index (χ2n) is 7.55. The quantitative estimate of drug-likeness (QED) is 0.632. The van der Waals surface area contributed by atoms with Crippen molar-refractivity contribution >= 4 is 11.8 Å². The van der Waals surface area contributed by atoms with Gasteiger partial charge in [-0.25, -0.2) is 0 Å². The minimum atomic E-state index is -0.499. The van der Waals surface area contributed by atoms with Gasteiger partial charge in [-0.1, -0.05) is 37.8 Å². The second kappa shape index (κ2) is 8.81. The predicted octanol–water partition coefficient (Wildman–Crippen LogP) is 1.43. The van der Waals surface area contributed by atoms with Crippen molar-refractivity contribution in [1.29, 1.82) is 0 Å². The molecule has 3 N–H and O–H groups in total. The van der Waals surface area contributed by atoms with Gasteiger partial charge in [0.25, 0.3) is 0 Å². The Kier molecular flexibility index (Phi) is 6.48. The number of carbonyl (C=O) groups excluding carboxylic acids is 2. The topological polar surface area (TPSA) is 87.7 Å². The fraction of sp³-hybridized carbons (Fsp3) is 0.789. The van der Waals surface area contributed by atoms with E-state index in [4.69, 9.17) is 4.74 Å². The molecule has 1 heterocycles. The van der Waals surface area contributed by atoms with Crippen molar-refractivity contribution in [2.75, 3.05) is 6.61 Å². The van der Waals surface area contributed by atoms with E-state index in [1.54, 1.807) is 0 Å². The monoisotopic (exact) mass is 350 g/mol. The molecule has 6 nitrogen and oxygen atoms in total. The van der Waals surface area contributed by atoms with E-state index in [2.05, 4.69) is 10.6 Å². The number of nitrogens with one attached hydrogen (secondary N) is 2. The highest BCUT2D eigenvalue weighted by Gasteiger charge is 2.32. The molecule has 2 fully saturated rings. The molecule has 6 heteroatoms. The van der Waals surface area contributed by atoms with Crippen LogP contribution < -0.4 is 10.6 Å². The van der Waals surface area contributed by atoms with Crippen LogP contribution in [-0.2, 0) is 14.3 Å². The number of carbonyl (C=O) groups is 2. The Hall–Kier alpha value is -1.40. The molecule has 3 rings (SSSR count). The third kappa shape index (κ3) is 5.05. The summed E-state index contributed by atoms with van der Waals surface area (Å²) in [4.78, 5) is 24.3. The summed E-state index contributed by atoms with van der Waals surface area (Å²) >= 11 is 0. The zero-order chi connectivity index (χ0) is 17.6. The van der Waals surface area contributed by atoms with Gasteiger partial charge < -0.3 is 20.5 Å². The molecule has 3 aliphatic rings. The van der Waals surface area contributed by atoms with Gasteiger partial charge >= 0.3 is 0 Å². The Balaban J connectivity index is 1.47. The maximum absolute atomic E-state index is 12.2. The van der Waals surface area contributed by atoms with Gasteiger partial charge in [-0.2, -0.15) is 0 Å². The maximum Gasteiger partial charge on any atom is 0.223 e. The Morgan fingerprint density at radius 2 is 1.76 bits per heavy atom. The number of hydrogen-bond acceptors (Lipinski definition) is 4. The van der Waals surface area contributed by atoms with Crippen LogP contribution in [0.25, 0.3) is 0 Å². The number of hydrogen-bond donors (Lipinski definition) is 3. The molecule has 25 heavy (non-hydrogen) atoms. The molecule has 0 aromatic rings. The summed E-state index contributed by atoms with van der Waals surface area (Å²) in [5, 5.41) is 15.6. The van der Waals surface area contributed by atoms with Crippen molar-refractivity contribution in [2.24, 2.45) is 5.92 Å². The normalized spacial score (nSPS) is 30.5. The van der Waals surface area contributed by atoms with Crippen LogP contribution in [0, 0.1) is 5.92 Å². The highest BCUT2D eigenvalue weighted by Crippen LogP contribution is 2.27. The fourth-order valence-electron chi connectivity index (χ4n) is 3.80. The van der Waals surface area contributed by atoms with Crippen LogP contribution in [0.1, 0.15) is 57.8 Å². The predicted molar refractivity (Wildman–Crippen MR) is 93.8 cm³/mol. The Bertz CT molecular complexity index is 498. The maximum atomic E-state index is 12.2. The molecular formula is C19H30N2O4. The van der Waals surface area contributed by atoms with Crippen LogP contribution in [0.3, 0.4) is 0 Å². The van der Waals surface area contributed by atoms with E-state index in [0.29, 0.717) is 0 Å². The van der Waals surface area contributed by atoms with Crippen LogP contribution in [0.15, 0.2) is 12.2 Å². The van der Waals surface area contributed by atoms with Gasteiger partial charge in [-0.3, -0.25) is 9.59 Å². The van der Waals surface area contributed by atoms with Crippen molar-refractivity contribution in [3.05, 3.63) is 12.2 Å². The second-order valence-corrected chi connectivity index (χ2v) is 7.55.